The van der Waals surface area contributed by atoms with Gasteiger partial charge in [0.15, 0.2) is 5.58 Å². The summed E-state index contributed by atoms with van der Waals surface area (Å²) >= 11 is 0. The van der Waals surface area contributed by atoms with Gasteiger partial charge in [-0.15, -0.1) is 0 Å². The second kappa shape index (κ2) is 4.85. The van der Waals surface area contributed by atoms with E-state index in [1.807, 2.05) is 18.0 Å². The minimum absolute atomic E-state index is 0.504. The minimum Gasteiger partial charge on any atom is -0.439 e. The first kappa shape index (κ1) is 11.4. The lowest BCUT2D eigenvalue weighted by atomic mass is 10.3. The summed E-state index contributed by atoms with van der Waals surface area (Å²) in [5.74, 6) is 0.644. The van der Waals surface area contributed by atoms with Crippen LogP contribution in [0.4, 0.5) is 5.69 Å². The van der Waals surface area contributed by atoms with Gasteiger partial charge >= 0.3 is 0 Å². The van der Waals surface area contributed by atoms with Gasteiger partial charge in [-0.3, -0.25) is 4.90 Å². The molecule has 5 nitrogen and oxygen atoms in total. The molecule has 0 aliphatic rings. The number of nitrogen functional groups attached to an aromatic ring is 1. The quantitative estimate of drug-likeness (QED) is 0.809. The molecule has 5 heteroatoms. The zero-order valence-corrected chi connectivity index (χ0v) is 9.68. The molecule has 0 fully saturated rings. The molecule has 17 heavy (non-hydrogen) atoms. The molecule has 0 spiro atoms. The molecule has 1 aromatic heterocycles. The maximum atomic E-state index is 8.50. The lowest BCUT2D eigenvalue weighted by Crippen LogP contribution is -2.18. The fraction of sp³-hybridized carbons (Fsp3) is 0.333. The van der Waals surface area contributed by atoms with Crippen LogP contribution in [-0.2, 0) is 6.54 Å². The Labute approximate surface area is 99.4 Å². The average molecular weight is 230 g/mol. The van der Waals surface area contributed by atoms with Gasteiger partial charge < -0.3 is 10.2 Å². The van der Waals surface area contributed by atoms with E-state index in [9.17, 15) is 0 Å². The molecule has 0 saturated carbocycles. The van der Waals surface area contributed by atoms with E-state index < -0.39 is 0 Å². The molecular weight excluding hydrogens is 216 g/mol. The van der Waals surface area contributed by atoms with Crippen LogP contribution in [0.2, 0.25) is 0 Å². The van der Waals surface area contributed by atoms with E-state index in [1.54, 1.807) is 12.1 Å². The Hall–Kier alpha value is -2.06. The van der Waals surface area contributed by atoms with Crippen LogP contribution in [-0.4, -0.2) is 23.5 Å². The van der Waals surface area contributed by atoms with Gasteiger partial charge in [0.1, 0.15) is 5.52 Å². The summed E-state index contributed by atoms with van der Waals surface area (Å²) in [6, 6.07) is 7.51. The number of anilines is 1. The van der Waals surface area contributed by atoms with E-state index in [-0.39, 0.29) is 0 Å². The lowest BCUT2D eigenvalue weighted by molar-refractivity contribution is 0.299. The van der Waals surface area contributed by atoms with Crippen LogP contribution in [0.1, 0.15) is 12.3 Å². The number of nitrogens with two attached hydrogens (primary N) is 1. The Morgan fingerprint density at radius 3 is 3.12 bits per heavy atom. The predicted octanol–water partition coefficient (Wildman–Crippen LogP) is 1.76. The van der Waals surface area contributed by atoms with E-state index in [0.717, 1.165) is 5.52 Å². The highest BCUT2D eigenvalue weighted by Crippen LogP contribution is 2.18. The molecule has 0 bridgehead atoms. The Kier molecular flexibility index (Phi) is 3.26. The molecule has 0 saturated heterocycles. The standard InChI is InChI=1S/C12H14N4O/c1-16(6-2-5-13)8-12-15-10-4-3-9(14)7-11(10)17-12/h3-4,7H,2,6,8,14H2,1H3. The summed E-state index contributed by atoms with van der Waals surface area (Å²) < 4.78 is 5.58. The number of rotatable bonds is 4. The molecular formula is C12H14N4O. The van der Waals surface area contributed by atoms with Crippen molar-refractivity contribution in [3.8, 4) is 6.07 Å². The van der Waals surface area contributed by atoms with Crippen molar-refractivity contribution in [3.05, 3.63) is 24.1 Å². The van der Waals surface area contributed by atoms with E-state index in [1.165, 1.54) is 0 Å². The van der Waals surface area contributed by atoms with Crippen LogP contribution in [0, 0.1) is 11.3 Å². The van der Waals surface area contributed by atoms with Crippen molar-refractivity contribution in [2.75, 3.05) is 19.3 Å². The Bertz CT molecular complexity index is 555. The first-order chi connectivity index (χ1) is 8.19. The van der Waals surface area contributed by atoms with Crippen molar-refractivity contribution in [1.82, 2.24) is 9.88 Å². The van der Waals surface area contributed by atoms with Crippen molar-refractivity contribution >= 4 is 16.8 Å². The maximum Gasteiger partial charge on any atom is 0.209 e. The number of oxazole rings is 1. The van der Waals surface area contributed by atoms with Crippen LogP contribution in [0.5, 0.6) is 0 Å². The molecule has 2 N–H and O–H groups in total. The number of aromatic nitrogens is 1. The van der Waals surface area contributed by atoms with Gasteiger partial charge in [0.05, 0.1) is 12.6 Å². The van der Waals surface area contributed by atoms with Crippen molar-refractivity contribution < 1.29 is 4.42 Å². The molecule has 1 aromatic carbocycles. The van der Waals surface area contributed by atoms with Crippen molar-refractivity contribution in [1.29, 1.82) is 5.26 Å². The molecule has 1 heterocycles. The third-order valence-corrected chi connectivity index (χ3v) is 2.47. The molecule has 0 aliphatic heterocycles. The zero-order chi connectivity index (χ0) is 12.3. The van der Waals surface area contributed by atoms with Crippen LogP contribution in [0.25, 0.3) is 11.1 Å². The normalized spacial score (nSPS) is 10.9. The summed E-state index contributed by atoms with van der Waals surface area (Å²) in [7, 11) is 1.93. The zero-order valence-electron chi connectivity index (χ0n) is 9.68. The molecule has 0 amide bonds. The third-order valence-electron chi connectivity index (χ3n) is 2.47. The number of fused-ring (bicyclic) bond motifs is 1. The predicted molar refractivity (Wildman–Crippen MR) is 65.0 cm³/mol. The highest BCUT2D eigenvalue weighted by molar-refractivity contribution is 5.76. The molecule has 2 aromatic rings. The van der Waals surface area contributed by atoms with Crippen LogP contribution >= 0.6 is 0 Å². The van der Waals surface area contributed by atoms with Gasteiger partial charge in [0.25, 0.3) is 0 Å². The molecule has 2 rings (SSSR count). The maximum absolute atomic E-state index is 8.50. The molecule has 88 valence electrons. The second-order valence-electron chi connectivity index (χ2n) is 3.98. The van der Waals surface area contributed by atoms with Crippen molar-refractivity contribution in [3.63, 3.8) is 0 Å². The Morgan fingerprint density at radius 1 is 1.53 bits per heavy atom. The van der Waals surface area contributed by atoms with Gasteiger partial charge in [-0.2, -0.15) is 5.26 Å². The SMILES string of the molecule is CN(CCC#N)Cc1nc2ccc(N)cc2o1. The summed E-state index contributed by atoms with van der Waals surface area (Å²) in [4.78, 5) is 6.35. The molecule has 0 aliphatic carbocycles. The smallest absolute Gasteiger partial charge is 0.209 e. The highest BCUT2D eigenvalue weighted by Gasteiger charge is 2.08. The van der Waals surface area contributed by atoms with Crippen molar-refractivity contribution in [2.24, 2.45) is 0 Å². The fourth-order valence-electron chi connectivity index (χ4n) is 1.61. The monoisotopic (exact) mass is 230 g/mol. The van der Waals surface area contributed by atoms with Crippen molar-refractivity contribution in [2.45, 2.75) is 13.0 Å². The van der Waals surface area contributed by atoms with Gasteiger partial charge in [0.2, 0.25) is 5.89 Å². The number of nitriles is 1. The number of hydrogen-bond acceptors (Lipinski definition) is 5. The number of benzene rings is 1. The second-order valence-corrected chi connectivity index (χ2v) is 3.98. The first-order valence-corrected chi connectivity index (χ1v) is 5.39. The van der Waals surface area contributed by atoms with E-state index in [0.29, 0.717) is 36.7 Å². The average Bonchev–Trinajstić information content (AvgIpc) is 2.67. The minimum atomic E-state index is 0.504. The van der Waals surface area contributed by atoms with E-state index in [4.69, 9.17) is 15.4 Å². The largest absolute Gasteiger partial charge is 0.439 e. The van der Waals surface area contributed by atoms with E-state index >= 15 is 0 Å². The first-order valence-electron chi connectivity index (χ1n) is 5.39. The van der Waals surface area contributed by atoms with Gasteiger partial charge in [-0.1, -0.05) is 0 Å². The van der Waals surface area contributed by atoms with Gasteiger partial charge in [-0.25, -0.2) is 4.98 Å². The highest BCUT2D eigenvalue weighted by atomic mass is 16.3. The molecule has 0 atom stereocenters. The summed E-state index contributed by atoms with van der Waals surface area (Å²) in [6.07, 6.45) is 0.504. The fourth-order valence-corrected chi connectivity index (χ4v) is 1.61. The van der Waals surface area contributed by atoms with Crippen LogP contribution in [0.15, 0.2) is 22.6 Å². The van der Waals surface area contributed by atoms with Gasteiger partial charge in [0, 0.05) is 24.7 Å². The van der Waals surface area contributed by atoms with Gasteiger partial charge in [-0.05, 0) is 19.2 Å². The lowest BCUT2D eigenvalue weighted by Gasteiger charge is -2.11. The van der Waals surface area contributed by atoms with E-state index in [2.05, 4.69) is 11.1 Å². The molecule has 0 unspecified atom stereocenters. The Balaban J connectivity index is 2.12. The number of nitrogens with zero attached hydrogens (tertiary/aromatic N) is 3. The molecule has 0 radical (unpaired) electrons. The number of hydrogen-bond donors (Lipinski definition) is 1. The van der Waals surface area contributed by atoms with Crippen LogP contribution in [0.3, 0.4) is 0 Å². The third kappa shape index (κ3) is 2.74. The Morgan fingerprint density at radius 2 is 2.35 bits per heavy atom. The topological polar surface area (TPSA) is 79.1 Å². The van der Waals surface area contributed by atoms with Crippen LogP contribution < -0.4 is 5.73 Å². The summed E-state index contributed by atoms with van der Waals surface area (Å²) in [5.41, 5.74) is 7.84. The summed E-state index contributed by atoms with van der Waals surface area (Å²) in [5, 5.41) is 8.50. The summed E-state index contributed by atoms with van der Waals surface area (Å²) in [6.45, 7) is 1.30.